The molecule has 0 aromatic heterocycles. The lowest BCUT2D eigenvalue weighted by molar-refractivity contribution is -0.154. The first-order valence-electron chi connectivity index (χ1n) is 6.34. The number of hydrogen-bond donors (Lipinski definition) is 1. The van der Waals surface area contributed by atoms with Crippen LogP contribution in [0.4, 0.5) is 8.78 Å². The average molecular weight is 311 g/mol. The molecule has 0 radical (unpaired) electrons. The van der Waals surface area contributed by atoms with E-state index in [9.17, 15) is 22.0 Å². The Labute approximate surface area is 117 Å². The molecule has 1 aliphatic rings. The summed E-state index contributed by atoms with van der Waals surface area (Å²) in [5, 5.41) is 9.15. The summed E-state index contributed by atoms with van der Waals surface area (Å²) in [5.74, 6) is -1.37. The fourth-order valence-electron chi connectivity index (χ4n) is 2.35. The van der Waals surface area contributed by atoms with E-state index in [-0.39, 0.29) is 31.7 Å². The zero-order valence-corrected chi connectivity index (χ0v) is 11.9. The summed E-state index contributed by atoms with van der Waals surface area (Å²) in [6.07, 6.45) is -1.82. The van der Waals surface area contributed by atoms with Gasteiger partial charge in [-0.05, 0) is 19.3 Å². The molecule has 1 aliphatic heterocycles. The first-order valence-corrected chi connectivity index (χ1v) is 7.95. The number of alkyl halides is 2. The number of nitrogens with zero attached hydrogens (tertiary/aromatic N) is 1. The van der Waals surface area contributed by atoms with E-state index in [1.807, 2.05) is 0 Å². The summed E-state index contributed by atoms with van der Waals surface area (Å²) in [6.45, 7) is 3.39. The van der Waals surface area contributed by atoms with Crippen LogP contribution in [0.15, 0.2) is 12.7 Å². The molecule has 1 fully saturated rings. The fraction of sp³-hybridized carbons (Fsp3) is 0.750. The summed E-state index contributed by atoms with van der Waals surface area (Å²) < 4.78 is 50.1. The van der Waals surface area contributed by atoms with Crippen molar-refractivity contribution in [2.75, 3.05) is 18.8 Å². The molecule has 0 unspecified atom stereocenters. The highest BCUT2D eigenvalue weighted by Crippen LogP contribution is 2.38. The van der Waals surface area contributed by atoms with Crippen molar-refractivity contribution in [3.8, 4) is 0 Å². The molecule has 1 heterocycles. The molecule has 0 aliphatic carbocycles. The van der Waals surface area contributed by atoms with Crippen LogP contribution in [0.25, 0.3) is 0 Å². The third kappa shape index (κ3) is 3.99. The average Bonchev–Trinajstić information content (AvgIpc) is 2.36. The maximum atomic E-state index is 12.5. The molecule has 0 spiro atoms. The van der Waals surface area contributed by atoms with Crippen molar-refractivity contribution < 1.29 is 27.1 Å². The minimum absolute atomic E-state index is 0.0293. The molecular weight excluding hydrogens is 292 g/mol. The Morgan fingerprint density at radius 1 is 1.40 bits per heavy atom. The van der Waals surface area contributed by atoms with Crippen molar-refractivity contribution in [3.05, 3.63) is 12.7 Å². The lowest BCUT2D eigenvalue weighted by atomic mass is 9.76. The van der Waals surface area contributed by atoms with Crippen molar-refractivity contribution in [3.63, 3.8) is 0 Å². The van der Waals surface area contributed by atoms with Gasteiger partial charge >= 0.3 is 5.97 Å². The van der Waals surface area contributed by atoms with Gasteiger partial charge in [0.2, 0.25) is 16.4 Å². The molecule has 0 amide bonds. The highest BCUT2D eigenvalue weighted by Gasteiger charge is 2.45. The fourth-order valence-corrected chi connectivity index (χ4v) is 3.82. The van der Waals surface area contributed by atoms with Gasteiger partial charge < -0.3 is 5.11 Å². The molecule has 5 nitrogen and oxygen atoms in total. The van der Waals surface area contributed by atoms with Crippen molar-refractivity contribution in [1.82, 2.24) is 4.31 Å². The Bertz CT molecular complexity index is 456. The number of halogens is 2. The van der Waals surface area contributed by atoms with E-state index in [4.69, 9.17) is 5.11 Å². The third-order valence-electron chi connectivity index (χ3n) is 3.65. The van der Waals surface area contributed by atoms with Crippen LogP contribution in [0.3, 0.4) is 0 Å². The smallest absolute Gasteiger partial charge is 0.309 e. The maximum absolute atomic E-state index is 12.5. The minimum Gasteiger partial charge on any atom is -0.481 e. The number of aliphatic carboxylic acids is 1. The monoisotopic (exact) mass is 311 g/mol. The lowest BCUT2D eigenvalue weighted by Crippen LogP contribution is -2.47. The number of carbonyl (C=O) groups is 1. The van der Waals surface area contributed by atoms with Crippen LogP contribution >= 0.6 is 0 Å². The van der Waals surface area contributed by atoms with Gasteiger partial charge in [0.25, 0.3) is 0 Å². The topological polar surface area (TPSA) is 74.7 Å². The molecule has 1 N–H and O–H groups in total. The van der Waals surface area contributed by atoms with Gasteiger partial charge in [-0.25, -0.2) is 21.5 Å². The van der Waals surface area contributed by atoms with Crippen molar-refractivity contribution in [2.24, 2.45) is 5.41 Å². The van der Waals surface area contributed by atoms with Crippen molar-refractivity contribution >= 4 is 16.0 Å². The Kier molecular flexibility index (Phi) is 5.64. The Balaban J connectivity index is 2.74. The van der Waals surface area contributed by atoms with Gasteiger partial charge in [-0.1, -0.05) is 6.08 Å². The van der Waals surface area contributed by atoms with Gasteiger partial charge in [-0.15, -0.1) is 6.58 Å². The highest BCUT2D eigenvalue weighted by atomic mass is 32.2. The summed E-state index contributed by atoms with van der Waals surface area (Å²) in [6, 6.07) is 0. The molecule has 0 bridgehead atoms. The Morgan fingerprint density at radius 2 is 1.95 bits per heavy atom. The zero-order valence-electron chi connectivity index (χ0n) is 11.1. The molecule has 0 aromatic rings. The largest absolute Gasteiger partial charge is 0.481 e. The molecule has 0 saturated carbocycles. The van der Waals surface area contributed by atoms with E-state index < -0.39 is 34.3 Å². The van der Waals surface area contributed by atoms with Gasteiger partial charge in [0.1, 0.15) is 0 Å². The highest BCUT2D eigenvalue weighted by molar-refractivity contribution is 7.89. The number of carboxylic acids is 1. The van der Waals surface area contributed by atoms with Crippen LogP contribution in [-0.2, 0) is 14.8 Å². The standard InChI is InChI=1S/C12H19F2NO4S/c1-2-3-8-20(18,19)15-6-4-12(5-7-15,11(16)17)9-10(13)14/h2,10H,1,3-9H2,(H,16,17). The molecule has 116 valence electrons. The van der Waals surface area contributed by atoms with Crippen LogP contribution < -0.4 is 0 Å². The van der Waals surface area contributed by atoms with Crippen LogP contribution in [-0.4, -0.2) is 49.1 Å². The van der Waals surface area contributed by atoms with Gasteiger partial charge in [-0.3, -0.25) is 4.79 Å². The van der Waals surface area contributed by atoms with Crippen LogP contribution in [0, 0.1) is 5.41 Å². The molecule has 0 atom stereocenters. The van der Waals surface area contributed by atoms with E-state index in [1.165, 1.54) is 10.4 Å². The quantitative estimate of drug-likeness (QED) is 0.726. The van der Waals surface area contributed by atoms with E-state index in [0.717, 1.165) is 0 Å². The first kappa shape index (κ1) is 17.0. The van der Waals surface area contributed by atoms with E-state index in [0.29, 0.717) is 6.42 Å². The third-order valence-corrected chi connectivity index (χ3v) is 5.56. The number of carboxylic acid groups (broad SMARTS) is 1. The normalized spacial score (nSPS) is 19.9. The maximum Gasteiger partial charge on any atom is 0.309 e. The molecule has 20 heavy (non-hydrogen) atoms. The van der Waals surface area contributed by atoms with Crippen LogP contribution in [0.2, 0.25) is 0 Å². The van der Waals surface area contributed by atoms with Crippen LogP contribution in [0.5, 0.6) is 0 Å². The Hall–Kier alpha value is -1.02. The molecule has 8 heteroatoms. The summed E-state index contributed by atoms with van der Waals surface area (Å²) in [7, 11) is -3.47. The number of rotatable bonds is 7. The van der Waals surface area contributed by atoms with Gasteiger partial charge in [0, 0.05) is 19.5 Å². The minimum atomic E-state index is -3.47. The predicted molar refractivity (Wildman–Crippen MR) is 70.1 cm³/mol. The van der Waals surface area contributed by atoms with Gasteiger partial charge in [0.15, 0.2) is 0 Å². The second-order valence-electron chi connectivity index (χ2n) is 4.97. The van der Waals surface area contributed by atoms with Gasteiger partial charge in [-0.2, -0.15) is 0 Å². The zero-order chi connectivity index (χ0) is 15.4. The molecule has 1 saturated heterocycles. The molecule has 0 aromatic carbocycles. The summed E-state index contributed by atoms with van der Waals surface area (Å²) in [4.78, 5) is 11.2. The molecule has 1 rings (SSSR count). The van der Waals surface area contributed by atoms with E-state index in [1.54, 1.807) is 0 Å². The number of sulfonamides is 1. The van der Waals surface area contributed by atoms with E-state index in [2.05, 4.69) is 6.58 Å². The second kappa shape index (κ2) is 6.62. The van der Waals surface area contributed by atoms with Crippen molar-refractivity contribution in [1.29, 1.82) is 0 Å². The number of piperidine rings is 1. The SMILES string of the molecule is C=CCCS(=O)(=O)N1CCC(CC(F)F)(C(=O)O)CC1. The van der Waals surface area contributed by atoms with E-state index >= 15 is 0 Å². The summed E-state index contributed by atoms with van der Waals surface area (Å²) in [5.41, 5.74) is -1.52. The second-order valence-corrected chi connectivity index (χ2v) is 7.06. The van der Waals surface area contributed by atoms with Crippen molar-refractivity contribution in [2.45, 2.75) is 32.1 Å². The van der Waals surface area contributed by atoms with Crippen LogP contribution in [0.1, 0.15) is 25.7 Å². The lowest BCUT2D eigenvalue weighted by Gasteiger charge is -2.38. The number of hydrogen-bond acceptors (Lipinski definition) is 3. The number of allylic oxidation sites excluding steroid dienone is 1. The molecular formula is C12H19F2NO4S. The Morgan fingerprint density at radius 3 is 2.35 bits per heavy atom. The summed E-state index contributed by atoms with van der Waals surface area (Å²) >= 11 is 0. The predicted octanol–water partition coefficient (Wildman–Crippen LogP) is 1.71. The first-order chi connectivity index (χ1) is 9.23. The van der Waals surface area contributed by atoms with Gasteiger partial charge in [0.05, 0.1) is 11.2 Å².